The normalized spacial score (nSPS) is 9.71. The van der Waals surface area contributed by atoms with Crippen molar-refractivity contribution in [1.82, 2.24) is 0 Å². The van der Waals surface area contributed by atoms with Crippen LogP contribution in [-0.4, -0.2) is 17.6 Å². The number of hydrogen-bond acceptors (Lipinski definition) is 4. The van der Waals surface area contributed by atoms with Crippen molar-refractivity contribution in [3.63, 3.8) is 0 Å². The molecule has 106 valence electrons. The van der Waals surface area contributed by atoms with Gasteiger partial charge in [-0.25, -0.2) is 0 Å². The van der Waals surface area contributed by atoms with Crippen LogP contribution >= 0.6 is 0 Å². The summed E-state index contributed by atoms with van der Waals surface area (Å²) in [6.45, 7) is -0.141. The molecule has 0 bridgehead atoms. The van der Waals surface area contributed by atoms with Gasteiger partial charge in [0.05, 0.1) is 18.2 Å². The fraction of sp³-hybridized carbons (Fsp3) is 0.125. The first-order valence-corrected chi connectivity index (χ1v) is 6.34. The summed E-state index contributed by atoms with van der Waals surface area (Å²) in [7, 11) is 0. The Kier molecular flexibility index (Phi) is 4.91. The first-order chi connectivity index (χ1) is 10.2. The van der Waals surface area contributed by atoms with Crippen LogP contribution in [0.4, 0.5) is 5.69 Å². The number of rotatable bonds is 5. The van der Waals surface area contributed by atoms with Crippen LogP contribution in [0.15, 0.2) is 48.5 Å². The van der Waals surface area contributed by atoms with Gasteiger partial charge in [-0.15, -0.1) is 0 Å². The molecule has 0 fully saturated rings. The van der Waals surface area contributed by atoms with Crippen LogP contribution in [0.5, 0.6) is 5.75 Å². The number of carbonyl (C=O) groups is 1. The van der Waals surface area contributed by atoms with E-state index in [0.717, 1.165) is 5.56 Å². The molecule has 0 saturated heterocycles. The van der Waals surface area contributed by atoms with Gasteiger partial charge in [-0.05, 0) is 42.0 Å². The molecule has 5 heteroatoms. The highest BCUT2D eigenvalue weighted by molar-refractivity contribution is 5.91. The standard InChI is InChI=1S/C16H14N2O3/c17-9-12-1-5-14(6-2-12)18-16(20)11-21-15-7-3-13(10-19)4-8-15/h1-8,19H,10-11H2,(H,18,20). The van der Waals surface area contributed by atoms with Crippen molar-refractivity contribution in [2.75, 3.05) is 11.9 Å². The molecule has 21 heavy (non-hydrogen) atoms. The maximum absolute atomic E-state index is 11.7. The van der Waals surface area contributed by atoms with E-state index >= 15 is 0 Å². The Labute approximate surface area is 122 Å². The minimum atomic E-state index is -0.286. The van der Waals surface area contributed by atoms with Crippen LogP contribution in [0.1, 0.15) is 11.1 Å². The Morgan fingerprint density at radius 1 is 1.14 bits per heavy atom. The Balaban J connectivity index is 1.85. The molecule has 2 aromatic carbocycles. The van der Waals surface area contributed by atoms with Crippen molar-refractivity contribution in [1.29, 1.82) is 5.26 Å². The predicted octanol–water partition coefficient (Wildman–Crippen LogP) is 2.07. The summed E-state index contributed by atoms with van der Waals surface area (Å²) >= 11 is 0. The topological polar surface area (TPSA) is 82.4 Å². The largest absolute Gasteiger partial charge is 0.484 e. The summed E-state index contributed by atoms with van der Waals surface area (Å²) in [5, 5.41) is 20.3. The molecule has 0 aliphatic rings. The van der Waals surface area contributed by atoms with Gasteiger partial charge in [-0.2, -0.15) is 5.26 Å². The molecular weight excluding hydrogens is 268 g/mol. The zero-order chi connectivity index (χ0) is 15.1. The molecule has 2 N–H and O–H groups in total. The van der Waals surface area contributed by atoms with Gasteiger partial charge < -0.3 is 15.2 Å². The van der Waals surface area contributed by atoms with Crippen LogP contribution in [0.2, 0.25) is 0 Å². The van der Waals surface area contributed by atoms with E-state index in [1.54, 1.807) is 48.5 Å². The monoisotopic (exact) mass is 282 g/mol. The van der Waals surface area contributed by atoms with Crippen molar-refractivity contribution < 1.29 is 14.6 Å². The minimum absolute atomic E-state index is 0.0283. The van der Waals surface area contributed by atoms with E-state index in [0.29, 0.717) is 17.0 Å². The summed E-state index contributed by atoms with van der Waals surface area (Å²) in [4.78, 5) is 11.7. The lowest BCUT2D eigenvalue weighted by atomic mass is 10.2. The third kappa shape index (κ3) is 4.34. The Morgan fingerprint density at radius 2 is 1.81 bits per heavy atom. The van der Waals surface area contributed by atoms with Crippen molar-refractivity contribution in [3.8, 4) is 11.8 Å². The van der Waals surface area contributed by atoms with Crippen LogP contribution in [0.25, 0.3) is 0 Å². The Bertz CT molecular complexity index is 643. The lowest BCUT2D eigenvalue weighted by molar-refractivity contribution is -0.118. The van der Waals surface area contributed by atoms with Gasteiger partial charge in [-0.1, -0.05) is 12.1 Å². The number of aliphatic hydroxyl groups is 1. The van der Waals surface area contributed by atoms with Gasteiger partial charge in [0.25, 0.3) is 5.91 Å². The second kappa shape index (κ2) is 7.08. The molecule has 0 aliphatic carbocycles. The molecule has 0 aliphatic heterocycles. The Morgan fingerprint density at radius 3 is 2.38 bits per heavy atom. The molecule has 0 spiro atoms. The Hall–Kier alpha value is -2.84. The van der Waals surface area contributed by atoms with E-state index in [9.17, 15) is 4.79 Å². The summed E-state index contributed by atoms with van der Waals surface area (Å²) in [5.41, 5.74) is 1.93. The zero-order valence-corrected chi connectivity index (χ0v) is 11.2. The number of nitriles is 1. The lowest BCUT2D eigenvalue weighted by Crippen LogP contribution is -2.20. The summed E-state index contributed by atoms with van der Waals surface area (Å²) < 4.78 is 5.34. The number of nitrogens with zero attached hydrogens (tertiary/aromatic N) is 1. The van der Waals surface area contributed by atoms with Crippen LogP contribution in [0.3, 0.4) is 0 Å². The molecule has 0 saturated carbocycles. The van der Waals surface area contributed by atoms with E-state index in [1.165, 1.54) is 0 Å². The molecule has 2 rings (SSSR count). The van der Waals surface area contributed by atoms with Crippen molar-refractivity contribution in [2.45, 2.75) is 6.61 Å². The fourth-order valence-electron chi connectivity index (χ4n) is 1.67. The molecule has 0 heterocycles. The lowest BCUT2D eigenvalue weighted by Gasteiger charge is -2.08. The highest BCUT2D eigenvalue weighted by Crippen LogP contribution is 2.13. The van der Waals surface area contributed by atoms with E-state index in [-0.39, 0.29) is 19.1 Å². The first-order valence-electron chi connectivity index (χ1n) is 6.34. The smallest absolute Gasteiger partial charge is 0.262 e. The van der Waals surface area contributed by atoms with Gasteiger partial charge >= 0.3 is 0 Å². The first kappa shape index (κ1) is 14.6. The SMILES string of the molecule is N#Cc1ccc(NC(=O)COc2ccc(CO)cc2)cc1. The van der Waals surface area contributed by atoms with Crippen LogP contribution < -0.4 is 10.1 Å². The van der Waals surface area contributed by atoms with Crippen molar-refractivity contribution in [2.24, 2.45) is 0 Å². The maximum atomic E-state index is 11.7. The third-order valence-electron chi connectivity index (χ3n) is 2.77. The zero-order valence-electron chi connectivity index (χ0n) is 11.2. The molecular formula is C16H14N2O3. The third-order valence-corrected chi connectivity index (χ3v) is 2.77. The van der Waals surface area contributed by atoms with E-state index in [4.69, 9.17) is 15.1 Å². The minimum Gasteiger partial charge on any atom is -0.484 e. The second-order valence-corrected chi connectivity index (χ2v) is 4.33. The molecule has 0 radical (unpaired) electrons. The molecule has 1 amide bonds. The number of amides is 1. The number of nitrogens with one attached hydrogen (secondary N) is 1. The number of benzene rings is 2. The van der Waals surface area contributed by atoms with E-state index in [1.807, 2.05) is 6.07 Å². The van der Waals surface area contributed by atoms with Crippen molar-refractivity contribution in [3.05, 3.63) is 59.7 Å². The van der Waals surface area contributed by atoms with Crippen LogP contribution in [0, 0.1) is 11.3 Å². The number of aliphatic hydroxyl groups excluding tert-OH is 1. The fourth-order valence-corrected chi connectivity index (χ4v) is 1.67. The number of hydrogen-bond donors (Lipinski definition) is 2. The number of anilines is 1. The molecule has 2 aromatic rings. The average molecular weight is 282 g/mol. The summed E-state index contributed by atoms with van der Waals surface area (Å²) in [6, 6.07) is 15.4. The summed E-state index contributed by atoms with van der Waals surface area (Å²) in [6.07, 6.45) is 0. The van der Waals surface area contributed by atoms with Gasteiger partial charge in [0, 0.05) is 5.69 Å². The highest BCUT2D eigenvalue weighted by atomic mass is 16.5. The van der Waals surface area contributed by atoms with Gasteiger partial charge in [0.1, 0.15) is 5.75 Å². The quantitative estimate of drug-likeness (QED) is 0.879. The second-order valence-electron chi connectivity index (χ2n) is 4.33. The van der Waals surface area contributed by atoms with Crippen molar-refractivity contribution >= 4 is 11.6 Å². The van der Waals surface area contributed by atoms with Gasteiger partial charge in [0.15, 0.2) is 6.61 Å². The van der Waals surface area contributed by atoms with Gasteiger partial charge in [0.2, 0.25) is 0 Å². The summed E-state index contributed by atoms with van der Waals surface area (Å²) in [5.74, 6) is 0.271. The number of ether oxygens (including phenoxy) is 1. The maximum Gasteiger partial charge on any atom is 0.262 e. The molecule has 0 aromatic heterocycles. The van der Waals surface area contributed by atoms with Gasteiger partial charge in [-0.3, -0.25) is 4.79 Å². The van der Waals surface area contributed by atoms with Crippen LogP contribution in [-0.2, 0) is 11.4 Å². The predicted molar refractivity (Wildman–Crippen MR) is 77.6 cm³/mol. The average Bonchev–Trinajstić information content (AvgIpc) is 2.54. The molecule has 5 nitrogen and oxygen atoms in total. The highest BCUT2D eigenvalue weighted by Gasteiger charge is 2.04. The molecule has 0 unspecified atom stereocenters. The van der Waals surface area contributed by atoms with E-state index < -0.39 is 0 Å². The molecule has 0 atom stereocenters. The van der Waals surface area contributed by atoms with E-state index in [2.05, 4.69) is 5.32 Å². The number of carbonyl (C=O) groups excluding carboxylic acids is 1.